The second-order valence-electron chi connectivity index (χ2n) is 4.03. The van der Waals surface area contributed by atoms with Crippen LogP contribution in [0, 0.1) is 17.8 Å². The smallest absolute Gasteiger partial charge is 0.435 e. The van der Waals surface area contributed by atoms with Crippen LogP contribution in [0.1, 0.15) is 19.8 Å². The van der Waals surface area contributed by atoms with Crippen LogP contribution in [-0.4, -0.2) is 19.4 Å². The van der Waals surface area contributed by atoms with Gasteiger partial charge in [0.2, 0.25) is 0 Å². The van der Waals surface area contributed by atoms with Gasteiger partial charge in [-0.25, -0.2) is 4.79 Å². The molecule has 0 radical (unpaired) electrons. The van der Waals surface area contributed by atoms with E-state index >= 15 is 0 Å². The fourth-order valence-corrected chi connectivity index (χ4v) is 2.42. The lowest BCUT2D eigenvalue weighted by Crippen LogP contribution is -2.18. The molecule has 0 amide bonds. The van der Waals surface area contributed by atoms with Gasteiger partial charge in [-0.15, -0.1) is 0 Å². The zero-order valence-electron chi connectivity index (χ0n) is 8.44. The summed E-state index contributed by atoms with van der Waals surface area (Å²) in [6.45, 7) is 2.68. The molecule has 0 aromatic carbocycles. The zero-order chi connectivity index (χ0) is 9.97. The third-order valence-corrected chi connectivity index (χ3v) is 3.09. The average molecular weight is 196 g/mol. The molecule has 0 aromatic heterocycles. The Morgan fingerprint density at radius 1 is 1.36 bits per heavy atom. The van der Waals surface area contributed by atoms with Crippen molar-refractivity contribution in [1.29, 1.82) is 0 Å². The van der Waals surface area contributed by atoms with E-state index in [-0.39, 0.29) is 0 Å². The van der Waals surface area contributed by atoms with Crippen molar-refractivity contribution >= 4 is 6.16 Å². The molecule has 3 atom stereocenters. The van der Waals surface area contributed by atoms with Crippen molar-refractivity contribution in [2.24, 2.45) is 17.8 Å². The van der Waals surface area contributed by atoms with Crippen LogP contribution in [0.3, 0.4) is 0 Å². The Balaban J connectivity index is 1.72. The highest BCUT2D eigenvalue weighted by molar-refractivity contribution is 5.59. The lowest BCUT2D eigenvalue weighted by Gasteiger charge is -2.17. The van der Waals surface area contributed by atoms with Crippen molar-refractivity contribution in [3.63, 3.8) is 0 Å². The summed E-state index contributed by atoms with van der Waals surface area (Å²) in [6, 6.07) is 0. The summed E-state index contributed by atoms with van der Waals surface area (Å²) in [7, 11) is 0. The quantitative estimate of drug-likeness (QED) is 0.513. The van der Waals surface area contributed by atoms with E-state index in [1.165, 1.54) is 12.8 Å². The Bertz CT molecular complexity index is 247. The van der Waals surface area contributed by atoms with Gasteiger partial charge < -0.3 is 9.47 Å². The minimum absolute atomic E-state index is 0.384. The van der Waals surface area contributed by atoms with Crippen molar-refractivity contribution in [3.05, 3.63) is 12.2 Å². The molecule has 14 heavy (non-hydrogen) atoms. The maximum absolute atomic E-state index is 10.9. The number of carbonyl (C=O) groups excluding carboxylic acids is 1. The number of fused-ring (bicyclic) bond motifs is 2. The zero-order valence-corrected chi connectivity index (χ0v) is 8.44. The van der Waals surface area contributed by atoms with Gasteiger partial charge in [0.15, 0.2) is 0 Å². The molecule has 3 heteroatoms. The van der Waals surface area contributed by atoms with E-state index in [0.717, 1.165) is 5.92 Å². The van der Waals surface area contributed by atoms with Gasteiger partial charge in [0.1, 0.15) is 0 Å². The first-order valence-electron chi connectivity index (χ1n) is 5.27. The monoisotopic (exact) mass is 196 g/mol. The normalized spacial score (nSPS) is 33.4. The lowest BCUT2D eigenvalue weighted by atomic mass is 9.95. The molecule has 3 nitrogen and oxygen atoms in total. The molecule has 2 aliphatic rings. The average Bonchev–Trinajstić information content (AvgIpc) is 2.76. The third-order valence-electron chi connectivity index (χ3n) is 3.09. The van der Waals surface area contributed by atoms with E-state index in [1.807, 2.05) is 0 Å². The largest absolute Gasteiger partial charge is 0.508 e. The standard InChI is InChI=1S/C11H16O3/c1-2-13-11(12)14-7-10-6-8-3-4-9(10)5-8/h3-4,8-10H,2,5-7H2,1H3. The number of hydrogen-bond donors (Lipinski definition) is 0. The fourth-order valence-electron chi connectivity index (χ4n) is 2.42. The van der Waals surface area contributed by atoms with E-state index in [4.69, 9.17) is 9.47 Å². The Kier molecular flexibility index (Phi) is 2.75. The SMILES string of the molecule is CCOC(=O)OCC1CC2C=CC1C2. The summed E-state index contributed by atoms with van der Waals surface area (Å²) in [5.74, 6) is 1.89. The molecule has 2 bridgehead atoms. The van der Waals surface area contributed by atoms with Crippen LogP contribution in [0.2, 0.25) is 0 Å². The molecular formula is C11H16O3. The topological polar surface area (TPSA) is 35.5 Å². The molecule has 0 aromatic rings. The van der Waals surface area contributed by atoms with Crippen molar-refractivity contribution in [2.45, 2.75) is 19.8 Å². The predicted molar refractivity (Wildman–Crippen MR) is 51.8 cm³/mol. The van der Waals surface area contributed by atoms with Crippen molar-refractivity contribution in [1.82, 2.24) is 0 Å². The molecule has 0 N–H and O–H groups in total. The Morgan fingerprint density at radius 3 is 2.79 bits per heavy atom. The first-order chi connectivity index (χ1) is 6.79. The first kappa shape index (κ1) is 9.56. The van der Waals surface area contributed by atoms with Gasteiger partial charge in [-0.2, -0.15) is 0 Å². The predicted octanol–water partition coefficient (Wildman–Crippen LogP) is 2.37. The summed E-state index contributed by atoms with van der Waals surface area (Å²) < 4.78 is 9.73. The summed E-state index contributed by atoms with van der Waals surface area (Å²) >= 11 is 0. The second kappa shape index (κ2) is 4.03. The number of hydrogen-bond acceptors (Lipinski definition) is 3. The maximum atomic E-state index is 10.9. The first-order valence-corrected chi connectivity index (χ1v) is 5.27. The molecule has 78 valence electrons. The Labute approximate surface area is 84.1 Å². The van der Waals surface area contributed by atoms with Crippen LogP contribution < -0.4 is 0 Å². The van der Waals surface area contributed by atoms with E-state index in [1.54, 1.807) is 6.92 Å². The second-order valence-corrected chi connectivity index (χ2v) is 4.03. The van der Waals surface area contributed by atoms with Crippen LogP contribution in [-0.2, 0) is 9.47 Å². The number of rotatable bonds is 3. The van der Waals surface area contributed by atoms with Gasteiger partial charge >= 0.3 is 6.16 Å². The van der Waals surface area contributed by atoms with E-state index in [9.17, 15) is 4.79 Å². The summed E-state index contributed by atoms with van der Waals surface area (Å²) in [5, 5.41) is 0. The summed E-state index contributed by atoms with van der Waals surface area (Å²) in [4.78, 5) is 10.9. The Morgan fingerprint density at radius 2 is 2.21 bits per heavy atom. The Hall–Kier alpha value is -0.990. The molecule has 0 aliphatic heterocycles. The molecule has 1 fully saturated rings. The van der Waals surface area contributed by atoms with Gasteiger partial charge in [-0.05, 0) is 31.6 Å². The van der Waals surface area contributed by atoms with Crippen molar-refractivity contribution in [2.75, 3.05) is 13.2 Å². The van der Waals surface area contributed by atoms with E-state index in [0.29, 0.717) is 25.0 Å². The van der Waals surface area contributed by atoms with E-state index < -0.39 is 6.16 Å². The van der Waals surface area contributed by atoms with Crippen molar-refractivity contribution < 1.29 is 14.3 Å². The molecule has 2 aliphatic carbocycles. The number of ether oxygens (including phenoxy) is 2. The molecule has 3 unspecified atom stereocenters. The highest BCUT2D eigenvalue weighted by Gasteiger charge is 2.36. The van der Waals surface area contributed by atoms with Crippen LogP contribution in [0.4, 0.5) is 4.79 Å². The fraction of sp³-hybridized carbons (Fsp3) is 0.727. The van der Waals surface area contributed by atoms with Crippen LogP contribution in [0.5, 0.6) is 0 Å². The highest BCUT2D eigenvalue weighted by Crippen LogP contribution is 2.43. The molecule has 0 spiro atoms. The molecular weight excluding hydrogens is 180 g/mol. The minimum Gasteiger partial charge on any atom is -0.435 e. The molecule has 2 rings (SSSR count). The van der Waals surface area contributed by atoms with Crippen LogP contribution >= 0.6 is 0 Å². The lowest BCUT2D eigenvalue weighted by molar-refractivity contribution is 0.0447. The number of carbonyl (C=O) groups is 1. The van der Waals surface area contributed by atoms with Gasteiger partial charge in [-0.1, -0.05) is 12.2 Å². The van der Waals surface area contributed by atoms with Crippen LogP contribution in [0.15, 0.2) is 12.2 Å². The molecule has 1 saturated carbocycles. The maximum Gasteiger partial charge on any atom is 0.508 e. The van der Waals surface area contributed by atoms with Crippen molar-refractivity contribution in [3.8, 4) is 0 Å². The summed E-state index contributed by atoms with van der Waals surface area (Å²) in [6.07, 6.45) is 6.43. The highest BCUT2D eigenvalue weighted by atomic mass is 16.7. The summed E-state index contributed by atoms with van der Waals surface area (Å²) in [5.41, 5.74) is 0. The van der Waals surface area contributed by atoms with Gasteiger partial charge in [0.25, 0.3) is 0 Å². The third kappa shape index (κ3) is 1.91. The molecule has 0 saturated heterocycles. The number of allylic oxidation sites excluding steroid dienone is 2. The van der Waals surface area contributed by atoms with Gasteiger partial charge in [0.05, 0.1) is 13.2 Å². The van der Waals surface area contributed by atoms with Gasteiger partial charge in [0, 0.05) is 5.92 Å². The van der Waals surface area contributed by atoms with E-state index in [2.05, 4.69) is 12.2 Å². The van der Waals surface area contributed by atoms with Crippen LogP contribution in [0.25, 0.3) is 0 Å². The minimum atomic E-state index is -0.528. The van der Waals surface area contributed by atoms with Gasteiger partial charge in [-0.3, -0.25) is 0 Å². The molecule has 0 heterocycles.